The lowest BCUT2D eigenvalue weighted by Gasteiger charge is -2.43. The van der Waals surface area contributed by atoms with Gasteiger partial charge in [0, 0.05) is 24.4 Å². The molecule has 1 N–H and O–H groups in total. The molecule has 1 aliphatic heterocycles. The zero-order valence-electron chi connectivity index (χ0n) is 22.3. The zero-order valence-corrected chi connectivity index (χ0v) is 23.1. The Hall–Kier alpha value is -2.37. The minimum Gasteiger partial charge on any atom is -0.406 e. The molecule has 0 spiro atoms. The van der Waals surface area contributed by atoms with Gasteiger partial charge in [-0.15, -0.1) is 13.2 Å². The van der Waals surface area contributed by atoms with Crippen LogP contribution in [0.3, 0.4) is 0 Å². The molecule has 0 bridgehead atoms. The number of ether oxygens (including phenoxy) is 5. The predicted molar refractivity (Wildman–Crippen MR) is 139 cm³/mol. The van der Waals surface area contributed by atoms with Crippen LogP contribution in [-0.2, 0) is 37.0 Å². The molecule has 4 atom stereocenters. The molecular formula is C29H33ClF3NO6. The summed E-state index contributed by atoms with van der Waals surface area (Å²) in [4.78, 5) is 13.8. The van der Waals surface area contributed by atoms with Crippen molar-refractivity contribution in [1.29, 1.82) is 0 Å². The third-order valence-corrected chi connectivity index (χ3v) is 7.55. The molecule has 218 valence electrons. The topological polar surface area (TPSA) is 75.3 Å². The molecule has 3 aliphatic rings. The van der Waals surface area contributed by atoms with Crippen molar-refractivity contribution in [2.45, 2.75) is 88.8 Å². The summed E-state index contributed by atoms with van der Waals surface area (Å²) in [6, 6.07) is 12.8. The maximum atomic E-state index is 13.8. The van der Waals surface area contributed by atoms with E-state index in [1.165, 1.54) is 18.2 Å². The number of carbonyl (C=O) groups excluding carboxylic acids is 1. The van der Waals surface area contributed by atoms with E-state index in [0.717, 1.165) is 18.4 Å². The van der Waals surface area contributed by atoms with E-state index < -0.39 is 36.1 Å². The third kappa shape index (κ3) is 7.47. The highest BCUT2D eigenvalue weighted by molar-refractivity contribution is 6.30. The molecule has 11 heteroatoms. The summed E-state index contributed by atoms with van der Waals surface area (Å²) < 4.78 is 67.3. The smallest absolute Gasteiger partial charge is 0.406 e. The third-order valence-electron chi connectivity index (χ3n) is 7.31. The summed E-state index contributed by atoms with van der Waals surface area (Å²) in [6.07, 6.45) is -3.85. The SMILES string of the molecule is CC1(C)O[C@@H]2C[C@@](OCc3cccc(Cl)c3)(C(=O)NCC3CC3)CC(OCc3cccc(OC(F)(F)F)c3)[C@@H]2O1. The van der Waals surface area contributed by atoms with Gasteiger partial charge in [-0.2, -0.15) is 0 Å². The molecule has 2 aliphatic carbocycles. The van der Waals surface area contributed by atoms with Crippen molar-refractivity contribution in [1.82, 2.24) is 5.32 Å². The predicted octanol–water partition coefficient (Wildman–Crippen LogP) is 5.92. The molecule has 2 saturated carbocycles. The Morgan fingerprint density at radius 3 is 2.48 bits per heavy atom. The number of halogens is 4. The van der Waals surface area contributed by atoms with Gasteiger partial charge >= 0.3 is 6.36 Å². The van der Waals surface area contributed by atoms with E-state index in [1.807, 2.05) is 12.1 Å². The Bertz CT molecular complexity index is 1210. The van der Waals surface area contributed by atoms with Gasteiger partial charge in [0.15, 0.2) is 11.4 Å². The molecule has 1 saturated heterocycles. The largest absolute Gasteiger partial charge is 0.573 e. The van der Waals surface area contributed by atoms with Gasteiger partial charge in [0.1, 0.15) is 11.9 Å². The monoisotopic (exact) mass is 583 g/mol. The van der Waals surface area contributed by atoms with Gasteiger partial charge in [-0.05, 0) is 68.0 Å². The molecule has 2 aromatic rings. The quantitative estimate of drug-likeness (QED) is 0.374. The molecule has 1 heterocycles. The van der Waals surface area contributed by atoms with Gasteiger partial charge < -0.3 is 29.0 Å². The van der Waals surface area contributed by atoms with E-state index in [4.69, 9.17) is 30.5 Å². The van der Waals surface area contributed by atoms with Crippen molar-refractivity contribution in [3.63, 3.8) is 0 Å². The minimum absolute atomic E-state index is 0.0270. The fourth-order valence-electron chi connectivity index (χ4n) is 5.31. The van der Waals surface area contributed by atoms with E-state index in [9.17, 15) is 18.0 Å². The van der Waals surface area contributed by atoms with E-state index in [0.29, 0.717) is 23.0 Å². The van der Waals surface area contributed by atoms with E-state index >= 15 is 0 Å². The second-order valence-electron chi connectivity index (χ2n) is 11.2. The first-order chi connectivity index (χ1) is 18.9. The lowest BCUT2D eigenvalue weighted by Crippen LogP contribution is -2.60. The van der Waals surface area contributed by atoms with Gasteiger partial charge in [-0.3, -0.25) is 4.79 Å². The molecule has 0 radical (unpaired) electrons. The van der Waals surface area contributed by atoms with E-state index in [-0.39, 0.29) is 37.7 Å². The van der Waals surface area contributed by atoms with E-state index in [2.05, 4.69) is 10.1 Å². The Morgan fingerprint density at radius 1 is 1.05 bits per heavy atom. The number of nitrogens with one attached hydrogen (secondary N) is 1. The average molecular weight is 584 g/mol. The number of carbonyl (C=O) groups is 1. The van der Waals surface area contributed by atoms with Gasteiger partial charge in [-0.1, -0.05) is 35.9 Å². The summed E-state index contributed by atoms with van der Waals surface area (Å²) in [5.74, 6) is -1.03. The van der Waals surface area contributed by atoms with Crippen molar-refractivity contribution in [3.05, 3.63) is 64.7 Å². The standard InChI is InChI=1S/C29H33ClF3NO6/c1-27(2)39-24-14-28(26(35)34-15-18-9-10-18,37-17-19-5-3-7-21(30)11-19)13-23(25(24)40-27)36-16-20-6-4-8-22(12-20)38-29(31,32)33/h3-8,11-12,18,23-25H,9-10,13-17H2,1-2H3,(H,34,35)/t23?,24-,25+,28-/m1/s1. The molecule has 7 nitrogen and oxygen atoms in total. The van der Waals surface area contributed by atoms with Crippen LogP contribution in [0.25, 0.3) is 0 Å². The average Bonchev–Trinajstić information content (AvgIpc) is 3.64. The lowest BCUT2D eigenvalue weighted by atomic mass is 9.78. The summed E-state index contributed by atoms with van der Waals surface area (Å²) >= 11 is 6.17. The maximum Gasteiger partial charge on any atom is 0.573 e. The van der Waals surface area contributed by atoms with Crippen molar-refractivity contribution in [3.8, 4) is 5.75 Å². The number of hydrogen-bond acceptors (Lipinski definition) is 6. The van der Waals surface area contributed by atoms with Crippen LogP contribution >= 0.6 is 11.6 Å². The van der Waals surface area contributed by atoms with Gasteiger partial charge in [0.2, 0.25) is 0 Å². The van der Waals surface area contributed by atoms with Crippen LogP contribution < -0.4 is 10.1 Å². The van der Waals surface area contributed by atoms with Crippen LogP contribution in [0.15, 0.2) is 48.5 Å². The number of benzene rings is 2. The molecule has 1 unspecified atom stereocenters. The first-order valence-electron chi connectivity index (χ1n) is 13.4. The Labute approximate surface area is 236 Å². The zero-order chi connectivity index (χ0) is 28.5. The Kier molecular flexibility index (Phi) is 8.37. The molecule has 40 heavy (non-hydrogen) atoms. The molecule has 2 aromatic carbocycles. The van der Waals surface area contributed by atoms with Crippen LogP contribution in [0.5, 0.6) is 5.75 Å². The Balaban J connectivity index is 1.37. The second kappa shape index (κ2) is 11.5. The second-order valence-corrected chi connectivity index (χ2v) is 11.6. The number of fused-ring (bicyclic) bond motifs is 1. The summed E-state index contributed by atoms with van der Waals surface area (Å²) in [5, 5.41) is 3.62. The highest BCUT2D eigenvalue weighted by Crippen LogP contribution is 2.44. The molecule has 3 fully saturated rings. The highest BCUT2D eigenvalue weighted by Gasteiger charge is 2.58. The summed E-state index contributed by atoms with van der Waals surface area (Å²) in [5.41, 5.74) is 0.00572. The molecule has 0 aromatic heterocycles. The Morgan fingerprint density at radius 2 is 1.77 bits per heavy atom. The summed E-state index contributed by atoms with van der Waals surface area (Å²) in [7, 11) is 0. The van der Waals surface area contributed by atoms with Crippen LogP contribution in [-0.4, -0.2) is 48.5 Å². The van der Waals surface area contributed by atoms with Crippen LogP contribution in [0.2, 0.25) is 5.02 Å². The molecule has 5 rings (SSSR count). The first-order valence-corrected chi connectivity index (χ1v) is 13.8. The minimum atomic E-state index is -4.80. The number of alkyl halides is 3. The van der Waals surface area contributed by atoms with Crippen molar-refractivity contribution in [2.75, 3.05) is 6.54 Å². The first kappa shape index (κ1) is 29.1. The highest BCUT2D eigenvalue weighted by atomic mass is 35.5. The normalized spacial score (nSPS) is 27.7. The number of rotatable bonds is 10. The van der Waals surface area contributed by atoms with E-state index in [1.54, 1.807) is 32.0 Å². The van der Waals surface area contributed by atoms with Crippen LogP contribution in [0.1, 0.15) is 50.7 Å². The molecular weight excluding hydrogens is 551 g/mol. The fourth-order valence-corrected chi connectivity index (χ4v) is 5.53. The maximum absolute atomic E-state index is 13.8. The van der Waals surface area contributed by atoms with Crippen molar-refractivity contribution < 1.29 is 41.7 Å². The van der Waals surface area contributed by atoms with Crippen molar-refractivity contribution in [2.24, 2.45) is 5.92 Å². The van der Waals surface area contributed by atoms with Gasteiger partial charge in [-0.25, -0.2) is 0 Å². The van der Waals surface area contributed by atoms with Crippen LogP contribution in [0, 0.1) is 5.92 Å². The number of amides is 1. The van der Waals surface area contributed by atoms with Gasteiger partial charge in [0.05, 0.1) is 25.4 Å². The van der Waals surface area contributed by atoms with Crippen molar-refractivity contribution >= 4 is 17.5 Å². The molecule has 1 amide bonds. The number of hydrogen-bond donors (Lipinski definition) is 1. The fraction of sp³-hybridized carbons (Fsp3) is 0.552. The van der Waals surface area contributed by atoms with Gasteiger partial charge in [0.25, 0.3) is 5.91 Å². The lowest BCUT2D eigenvalue weighted by molar-refractivity contribution is -0.274. The van der Waals surface area contributed by atoms with Crippen LogP contribution in [0.4, 0.5) is 13.2 Å². The summed E-state index contributed by atoms with van der Waals surface area (Å²) in [6.45, 7) is 4.27.